The van der Waals surface area contributed by atoms with Crippen LogP contribution < -0.4 is 11.1 Å². The highest BCUT2D eigenvalue weighted by molar-refractivity contribution is 7.09. The molecule has 3 rings (SSSR count). The summed E-state index contributed by atoms with van der Waals surface area (Å²) < 4.78 is 7.41. The minimum atomic E-state index is -0.280. The molecule has 3 aromatic rings. The fraction of sp³-hybridized carbons (Fsp3) is 0.353. The highest BCUT2D eigenvalue weighted by Crippen LogP contribution is 2.21. The van der Waals surface area contributed by atoms with Crippen molar-refractivity contribution in [3.05, 3.63) is 40.3 Å². The van der Waals surface area contributed by atoms with Gasteiger partial charge in [0.25, 0.3) is 5.91 Å². The topological polar surface area (TPSA) is 95.1 Å². The number of nitrogens with zero attached hydrogens (tertiary/aromatic N) is 3. The lowest BCUT2D eigenvalue weighted by Gasteiger charge is -2.09. The summed E-state index contributed by atoms with van der Waals surface area (Å²) in [7, 11) is 0. The number of carbonyl (C=O) groups excluding carboxylic acids is 1. The second-order valence-electron chi connectivity index (χ2n) is 5.41. The van der Waals surface area contributed by atoms with Gasteiger partial charge in [-0.05, 0) is 25.5 Å². The second kappa shape index (κ2) is 8.19. The molecule has 2 aromatic heterocycles. The summed E-state index contributed by atoms with van der Waals surface area (Å²) in [5.74, 6) is 0.238. The van der Waals surface area contributed by atoms with E-state index in [1.54, 1.807) is 5.38 Å². The number of para-hydroxylation sites is 2. The molecule has 0 aliphatic carbocycles. The molecule has 0 bridgehead atoms. The van der Waals surface area contributed by atoms with E-state index < -0.39 is 0 Å². The number of nitrogens with one attached hydrogen (secondary N) is 1. The number of thiazole rings is 1. The predicted octanol–water partition coefficient (Wildman–Crippen LogP) is 2.63. The third-order valence-corrected chi connectivity index (χ3v) is 4.58. The van der Waals surface area contributed by atoms with Crippen molar-refractivity contribution in [2.75, 3.05) is 18.5 Å². The van der Waals surface area contributed by atoms with Crippen LogP contribution in [0.15, 0.2) is 29.6 Å². The van der Waals surface area contributed by atoms with Gasteiger partial charge in [-0.15, -0.1) is 11.3 Å². The van der Waals surface area contributed by atoms with Crippen molar-refractivity contribution in [3.63, 3.8) is 0 Å². The van der Waals surface area contributed by atoms with Crippen LogP contribution in [0, 0.1) is 0 Å². The molecule has 3 N–H and O–H groups in total. The van der Waals surface area contributed by atoms with Gasteiger partial charge < -0.3 is 15.0 Å². The molecule has 2 heterocycles. The van der Waals surface area contributed by atoms with E-state index in [2.05, 4.69) is 15.3 Å². The van der Waals surface area contributed by atoms with Crippen LogP contribution in [0.4, 0.5) is 5.95 Å². The first kappa shape index (κ1) is 17.5. The van der Waals surface area contributed by atoms with Crippen molar-refractivity contribution in [1.29, 1.82) is 0 Å². The van der Waals surface area contributed by atoms with E-state index in [0.29, 0.717) is 37.9 Å². The third kappa shape index (κ3) is 4.04. The molecule has 0 spiro atoms. The number of imidazole rings is 1. The summed E-state index contributed by atoms with van der Waals surface area (Å²) in [6.07, 6.45) is 0.838. The van der Waals surface area contributed by atoms with Crippen molar-refractivity contribution in [1.82, 2.24) is 14.5 Å². The van der Waals surface area contributed by atoms with E-state index in [4.69, 9.17) is 10.5 Å². The highest BCUT2D eigenvalue weighted by Gasteiger charge is 2.16. The lowest BCUT2D eigenvalue weighted by molar-refractivity contribution is 0.102. The molecule has 0 radical (unpaired) electrons. The Kier molecular flexibility index (Phi) is 5.75. The molecule has 25 heavy (non-hydrogen) atoms. The smallest absolute Gasteiger partial charge is 0.277 e. The summed E-state index contributed by atoms with van der Waals surface area (Å²) in [6.45, 7) is 4.38. The number of hydrogen-bond donors (Lipinski definition) is 2. The van der Waals surface area contributed by atoms with E-state index in [-0.39, 0.29) is 5.91 Å². The maximum absolute atomic E-state index is 12.5. The molecule has 0 unspecified atom stereocenters. The number of amides is 1. The van der Waals surface area contributed by atoms with Crippen LogP contribution in [-0.4, -0.2) is 33.7 Å². The van der Waals surface area contributed by atoms with Gasteiger partial charge in [0.15, 0.2) is 0 Å². The van der Waals surface area contributed by atoms with Crippen LogP contribution in [0.25, 0.3) is 11.0 Å². The Labute approximate surface area is 149 Å². The van der Waals surface area contributed by atoms with Crippen LogP contribution in [0.3, 0.4) is 0 Å². The normalized spacial score (nSPS) is 11.1. The first-order valence-electron chi connectivity index (χ1n) is 8.21. The molecule has 132 valence electrons. The molecular weight excluding hydrogens is 338 g/mol. The number of carbonyl (C=O) groups is 1. The lowest BCUT2D eigenvalue weighted by Crippen LogP contribution is -2.17. The molecular formula is C17H21N5O2S. The molecule has 7 nitrogen and oxygen atoms in total. The van der Waals surface area contributed by atoms with Crippen LogP contribution in [0.1, 0.15) is 28.8 Å². The number of aromatic nitrogens is 3. The van der Waals surface area contributed by atoms with E-state index in [1.165, 1.54) is 11.3 Å². The van der Waals surface area contributed by atoms with Gasteiger partial charge in [0.1, 0.15) is 10.7 Å². The zero-order chi connectivity index (χ0) is 17.6. The van der Waals surface area contributed by atoms with Gasteiger partial charge in [-0.3, -0.25) is 10.1 Å². The number of anilines is 1. The van der Waals surface area contributed by atoms with Crippen LogP contribution in [0.5, 0.6) is 0 Å². The van der Waals surface area contributed by atoms with Crippen molar-refractivity contribution < 1.29 is 9.53 Å². The number of nitrogens with two attached hydrogens (primary N) is 1. The number of fused-ring (bicyclic) bond motifs is 1. The molecule has 1 aromatic carbocycles. The first-order chi connectivity index (χ1) is 12.2. The summed E-state index contributed by atoms with van der Waals surface area (Å²) in [5, 5.41) is 5.31. The Bertz CT molecular complexity index is 858. The quantitative estimate of drug-likeness (QED) is 0.603. The maximum Gasteiger partial charge on any atom is 0.277 e. The second-order valence-corrected chi connectivity index (χ2v) is 6.35. The van der Waals surface area contributed by atoms with Gasteiger partial charge in [0.05, 0.1) is 11.0 Å². The minimum absolute atomic E-state index is 0.280. The Hall–Kier alpha value is -2.29. The molecule has 0 atom stereocenters. The summed E-state index contributed by atoms with van der Waals surface area (Å²) >= 11 is 1.38. The van der Waals surface area contributed by atoms with Gasteiger partial charge in [-0.1, -0.05) is 12.1 Å². The Morgan fingerprint density at radius 2 is 2.20 bits per heavy atom. The average Bonchev–Trinajstić information content (AvgIpc) is 3.23. The lowest BCUT2D eigenvalue weighted by atomic mass is 10.3. The predicted molar refractivity (Wildman–Crippen MR) is 98.8 cm³/mol. The Morgan fingerprint density at radius 3 is 2.96 bits per heavy atom. The molecule has 0 saturated carbocycles. The summed E-state index contributed by atoms with van der Waals surface area (Å²) in [4.78, 5) is 21.2. The largest absolute Gasteiger partial charge is 0.382 e. The van der Waals surface area contributed by atoms with Gasteiger partial charge in [-0.25, -0.2) is 9.97 Å². The average molecular weight is 359 g/mol. The minimum Gasteiger partial charge on any atom is -0.382 e. The molecule has 1 amide bonds. The van der Waals surface area contributed by atoms with Crippen LogP contribution in [-0.2, 0) is 17.8 Å². The Balaban J connectivity index is 1.82. The molecule has 8 heteroatoms. The van der Waals surface area contributed by atoms with Crippen molar-refractivity contribution in [3.8, 4) is 0 Å². The molecule has 0 saturated heterocycles. The standard InChI is InChI=1S/C17H21N5O2S/c1-2-24-9-5-8-22-14-7-4-3-6-12(14)20-17(22)21-16(23)13-11-25-15(10-18)19-13/h3-4,6-7,11H,2,5,8-10,18H2,1H3,(H,20,21,23). The number of aryl methyl sites for hydroxylation is 1. The highest BCUT2D eigenvalue weighted by atomic mass is 32.1. The number of benzene rings is 1. The Morgan fingerprint density at radius 1 is 1.36 bits per heavy atom. The fourth-order valence-electron chi connectivity index (χ4n) is 2.54. The van der Waals surface area contributed by atoms with E-state index >= 15 is 0 Å². The monoisotopic (exact) mass is 359 g/mol. The molecule has 0 fully saturated rings. The SMILES string of the molecule is CCOCCCn1c(NC(=O)c2csc(CN)n2)nc2ccccc21. The van der Waals surface area contributed by atoms with Crippen LogP contribution in [0.2, 0.25) is 0 Å². The van der Waals surface area contributed by atoms with E-state index in [0.717, 1.165) is 22.5 Å². The van der Waals surface area contributed by atoms with Crippen LogP contribution >= 0.6 is 11.3 Å². The number of rotatable bonds is 8. The van der Waals surface area contributed by atoms with Crippen molar-refractivity contribution in [2.24, 2.45) is 5.73 Å². The van der Waals surface area contributed by atoms with Gasteiger partial charge in [0.2, 0.25) is 5.95 Å². The zero-order valence-electron chi connectivity index (χ0n) is 14.1. The van der Waals surface area contributed by atoms with Gasteiger partial charge >= 0.3 is 0 Å². The van der Waals surface area contributed by atoms with E-state index in [9.17, 15) is 4.79 Å². The summed E-state index contributed by atoms with van der Waals surface area (Å²) in [5.41, 5.74) is 7.74. The maximum atomic E-state index is 12.5. The third-order valence-electron chi connectivity index (χ3n) is 3.71. The van der Waals surface area contributed by atoms with Crippen molar-refractivity contribution in [2.45, 2.75) is 26.4 Å². The number of ether oxygens (including phenoxy) is 1. The molecule has 0 aliphatic rings. The van der Waals surface area contributed by atoms with Crippen molar-refractivity contribution >= 4 is 34.2 Å². The van der Waals surface area contributed by atoms with Gasteiger partial charge in [-0.2, -0.15) is 0 Å². The van der Waals surface area contributed by atoms with E-state index in [1.807, 2.05) is 35.8 Å². The zero-order valence-corrected chi connectivity index (χ0v) is 14.9. The number of hydrogen-bond acceptors (Lipinski definition) is 6. The first-order valence-corrected chi connectivity index (χ1v) is 9.09. The molecule has 0 aliphatic heterocycles. The van der Waals surface area contributed by atoms with Gasteiger partial charge in [0, 0.05) is 31.7 Å². The summed E-state index contributed by atoms with van der Waals surface area (Å²) in [6, 6.07) is 7.81. The fourth-order valence-corrected chi connectivity index (χ4v) is 3.20.